The fourth-order valence-corrected chi connectivity index (χ4v) is 2.43. The normalized spacial score (nSPS) is 18.7. The van der Waals surface area contributed by atoms with E-state index < -0.39 is 0 Å². The molecule has 5 heteroatoms. The summed E-state index contributed by atoms with van der Waals surface area (Å²) in [6, 6.07) is 0.294. The van der Waals surface area contributed by atoms with Crippen LogP contribution in [0.15, 0.2) is 0 Å². The minimum atomic E-state index is 0.232. The van der Waals surface area contributed by atoms with Gasteiger partial charge in [0.1, 0.15) is 11.6 Å². The highest BCUT2D eigenvalue weighted by molar-refractivity contribution is 5.76. The van der Waals surface area contributed by atoms with E-state index in [9.17, 15) is 4.79 Å². The summed E-state index contributed by atoms with van der Waals surface area (Å²) in [6.45, 7) is 9.45. The Morgan fingerprint density at radius 3 is 2.79 bits per heavy atom. The molecule has 1 aromatic heterocycles. The van der Waals surface area contributed by atoms with Crippen LogP contribution in [0.4, 0.5) is 5.82 Å². The highest BCUT2D eigenvalue weighted by Crippen LogP contribution is 2.19. The zero-order chi connectivity index (χ0) is 14.0. The Kier molecular flexibility index (Phi) is 4.02. The molecule has 1 unspecified atom stereocenters. The highest BCUT2D eigenvalue weighted by atomic mass is 16.2. The number of aryl methyl sites for hydroxylation is 2. The third-order valence-electron chi connectivity index (χ3n) is 3.69. The lowest BCUT2D eigenvalue weighted by Gasteiger charge is -2.18. The summed E-state index contributed by atoms with van der Waals surface area (Å²) >= 11 is 0. The van der Waals surface area contributed by atoms with E-state index in [0.717, 1.165) is 42.4 Å². The molecule has 0 bridgehead atoms. The van der Waals surface area contributed by atoms with Crippen molar-refractivity contribution in [3.05, 3.63) is 17.1 Å². The maximum atomic E-state index is 11.7. The number of anilines is 1. The summed E-state index contributed by atoms with van der Waals surface area (Å²) in [7, 11) is 0. The highest BCUT2D eigenvalue weighted by Gasteiger charge is 2.25. The van der Waals surface area contributed by atoms with E-state index in [0.29, 0.717) is 12.5 Å². The smallest absolute Gasteiger partial charge is 0.222 e. The van der Waals surface area contributed by atoms with Crippen molar-refractivity contribution >= 4 is 11.7 Å². The summed E-state index contributed by atoms with van der Waals surface area (Å²) in [5, 5.41) is 3.45. The molecule has 2 heterocycles. The van der Waals surface area contributed by atoms with E-state index in [1.165, 1.54) is 0 Å². The van der Waals surface area contributed by atoms with E-state index in [1.54, 1.807) is 0 Å². The number of amides is 1. The van der Waals surface area contributed by atoms with Gasteiger partial charge in [0, 0.05) is 36.8 Å². The molecular weight excluding hydrogens is 240 g/mol. The first-order valence-electron chi connectivity index (χ1n) is 6.87. The lowest BCUT2D eigenvalue weighted by molar-refractivity contribution is -0.129. The minimum absolute atomic E-state index is 0.232. The number of hydrogen-bond acceptors (Lipinski definition) is 4. The average molecular weight is 262 g/mol. The molecule has 0 radical (unpaired) electrons. The van der Waals surface area contributed by atoms with Crippen molar-refractivity contribution in [3.8, 4) is 0 Å². The fourth-order valence-electron chi connectivity index (χ4n) is 2.43. The molecule has 0 saturated carbocycles. The van der Waals surface area contributed by atoms with Gasteiger partial charge < -0.3 is 10.2 Å². The minimum Gasteiger partial charge on any atom is -0.365 e. The molecule has 1 N–H and O–H groups in total. The van der Waals surface area contributed by atoms with Crippen LogP contribution in [-0.2, 0) is 4.79 Å². The van der Waals surface area contributed by atoms with Gasteiger partial charge in [0.25, 0.3) is 0 Å². The van der Waals surface area contributed by atoms with E-state index in [4.69, 9.17) is 0 Å². The monoisotopic (exact) mass is 262 g/mol. The van der Waals surface area contributed by atoms with Crippen LogP contribution in [0.2, 0.25) is 0 Å². The first-order chi connectivity index (χ1) is 9.01. The van der Waals surface area contributed by atoms with Crippen molar-refractivity contribution in [3.63, 3.8) is 0 Å². The Labute approximate surface area is 114 Å². The van der Waals surface area contributed by atoms with Gasteiger partial charge in [-0.1, -0.05) is 6.92 Å². The molecule has 1 amide bonds. The van der Waals surface area contributed by atoms with Gasteiger partial charge in [0.15, 0.2) is 0 Å². The second-order valence-electron chi connectivity index (χ2n) is 5.15. The Morgan fingerprint density at radius 2 is 2.11 bits per heavy atom. The molecule has 1 aliphatic heterocycles. The summed E-state index contributed by atoms with van der Waals surface area (Å²) in [5.41, 5.74) is 2.10. The number of nitrogens with one attached hydrogen (secondary N) is 1. The average Bonchev–Trinajstić information content (AvgIpc) is 2.83. The van der Waals surface area contributed by atoms with Crippen LogP contribution in [0.25, 0.3) is 0 Å². The van der Waals surface area contributed by atoms with Crippen molar-refractivity contribution < 1.29 is 4.79 Å². The van der Waals surface area contributed by atoms with Crippen LogP contribution >= 0.6 is 0 Å². The van der Waals surface area contributed by atoms with Gasteiger partial charge in [0.2, 0.25) is 5.91 Å². The maximum absolute atomic E-state index is 11.7. The second-order valence-corrected chi connectivity index (χ2v) is 5.15. The van der Waals surface area contributed by atoms with Gasteiger partial charge >= 0.3 is 0 Å². The van der Waals surface area contributed by atoms with Crippen molar-refractivity contribution in [1.82, 2.24) is 14.9 Å². The predicted molar refractivity (Wildman–Crippen MR) is 75.1 cm³/mol. The number of aromatic nitrogens is 2. The van der Waals surface area contributed by atoms with Gasteiger partial charge in [-0.3, -0.25) is 4.79 Å². The second kappa shape index (κ2) is 5.55. The number of carbonyl (C=O) groups is 1. The van der Waals surface area contributed by atoms with Crippen LogP contribution in [0.1, 0.15) is 36.8 Å². The van der Waals surface area contributed by atoms with Crippen LogP contribution in [-0.4, -0.2) is 39.9 Å². The Hall–Kier alpha value is -1.65. The van der Waals surface area contributed by atoms with Gasteiger partial charge in [0.05, 0.1) is 0 Å². The SMILES string of the molecule is CCC(=O)N1CCC(Nc2nc(C)nc(C)c2C)C1. The third-order valence-corrected chi connectivity index (χ3v) is 3.69. The van der Waals surface area contributed by atoms with Crippen LogP contribution in [0.3, 0.4) is 0 Å². The summed E-state index contributed by atoms with van der Waals surface area (Å²) in [6.07, 6.45) is 1.56. The molecule has 1 aliphatic rings. The largest absolute Gasteiger partial charge is 0.365 e. The van der Waals surface area contributed by atoms with E-state index >= 15 is 0 Å². The summed E-state index contributed by atoms with van der Waals surface area (Å²) < 4.78 is 0. The zero-order valence-corrected chi connectivity index (χ0v) is 12.2. The quantitative estimate of drug-likeness (QED) is 0.902. The maximum Gasteiger partial charge on any atom is 0.222 e. The van der Waals surface area contributed by atoms with Gasteiger partial charge in [-0.2, -0.15) is 0 Å². The summed E-state index contributed by atoms with van der Waals surface area (Å²) in [4.78, 5) is 22.4. The molecule has 1 atom stereocenters. The summed E-state index contributed by atoms with van der Waals surface area (Å²) in [5.74, 6) is 1.92. The van der Waals surface area contributed by atoms with Crippen molar-refractivity contribution in [2.75, 3.05) is 18.4 Å². The van der Waals surface area contributed by atoms with Gasteiger partial charge in [-0.15, -0.1) is 0 Å². The molecule has 1 fully saturated rings. The number of nitrogens with zero attached hydrogens (tertiary/aromatic N) is 3. The van der Waals surface area contributed by atoms with Crippen molar-refractivity contribution in [2.45, 2.75) is 46.6 Å². The van der Waals surface area contributed by atoms with E-state index in [-0.39, 0.29) is 5.91 Å². The van der Waals surface area contributed by atoms with Crippen molar-refractivity contribution in [2.24, 2.45) is 0 Å². The number of hydrogen-bond donors (Lipinski definition) is 1. The predicted octanol–water partition coefficient (Wildman–Crippen LogP) is 1.82. The molecule has 2 rings (SSSR count). The molecule has 19 heavy (non-hydrogen) atoms. The molecule has 0 aromatic carbocycles. The van der Waals surface area contributed by atoms with Gasteiger partial charge in [-0.05, 0) is 27.2 Å². The van der Waals surface area contributed by atoms with Crippen LogP contribution in [0, 0.1) is 20.8 Å². The first-order valence-corrected chi connectivity index (χ1v) is 6.87. The van der Waals surface area contributed by atoms with E-state index in [2.05, 4.69) is 15.3 Å². The fraction of sp³-hybridized carbons (Fsp3) is 0.643. The molecule has 5 nitrogen and oxygen atoms in total. The lowest BCUT2D eigenvalue weighted by Crippen LogP contribution is -2.31. The molecule has 0 spiro atoms. The molecule has 1 aromatic rings. The van der Waals surface area contributed by atoms with Crippen molar-refractivity contribution in [1.29, 1.82) is 0 Å². The number of carbonyl (C=O) groups excluding carboxylic acids is 1. The topological polar surface area (TPSA) is 58.1 Å². The third kappa shape index (κ3) is 3.03. The number of likely N-dealkylation sites (tertiary alicyclic amines) is 1. The Bertz CT molecular complexity index is 487. The first kappa shape index (κ1) is 13.8. The number of rotatable bonds is 3. The van der Waals surface area contributed by atoms with Crippen LogP contribution in [0.5, 0.6) is 0 Å². The molecule has 0 aliphatic carbocycles. The van der Waals surface area contributed by atoms with E-state index in [1.807, 2.05) is 32.6 Å². The molecular formula is C14H22N4O. The standard InChI is InChI=1S/C14H22N4O/c1-5-13(19)18-7-6-12(8-18)17-14-9(2)10(3)15-11(4)16-14/h12H,5-8H2,1-4H3,(H,15,16,17). The zero-order valence-electron chi connectivity index (χ0n) is 12.2. The molecule has 1 saturated heterocycles. The van der Waals surface area contributed by atoms with Gasteiger partial charge in [-0.25, -0.2) is 9.97 Å². The molecule has 104 valence electrons. The lowest BCUT2D eigenvalue weighted by atomic mass is 10.2. The Balaban J connectivity index is 2.05. The van der Waals surface area contributed by atoms with Crippen LogP contribution < -0.4 is 5.32 Å². The Morgan fingerprint density at radius 1 is 1.37 bits per heavy atom.